The van der Waals surface area contributed by atoms with Crippen LogP contribution >= 0.6 is 34.9 Å². The van der Waals surface area contributed by atoms with E-state index in [-0.39, 0.29) is 5.91 Å². The Morgan fingerprint density at radius 2 is 2.29 bits per heavy atom. The third-order valence-corrected chi connectivity index (χ3v) is 7.12. The van der Waals surface area contributed by atoms with Gasteiger partial charge in [-0.25, -0.2) is 4.79 Å². The van der Waals surface area contributed by atoms with Crippen molar-refractivity contribution in [1.82, 2.24) is 19.7 Å². The quantitative estimate of drug-likeness (QED) is 0.356. The lowest BCUT2D eigenvalue weighted by atomic mass is 10.4. The average Bonchev–Trinajstić information content (AvgIpc) is 3.05. The van der Waals surface area contributed by atoms with E-state index in [2.05, 4.69) is 20.8 Å². The zero-order chi connectivity index (χ0) is 19.5. The fraction of sp³-hybridized carbons (Fsp3) is 0.444. The van der Waals surface area contributed by atoms with E-state index >= 15 is 0 Å². The maximum Gasteiger partial charge on any atom is 0.333 e. The highest BCUT2D eigenvalue weighted by Gasteiger charge is 2.31. The van der Waals surface area contributed by atoms with Gasteiger partial charge < -0.3 is 9.64 Å². The summed E-state index contributed by atoms with van der Waals surface area (Å²) in [4.78, 5) is 26.7. The van der Waals surface area contributed by atoms with Gasteiger partial charge in [-0.05, 0) is 31.2 Å². The van der Waals surface area contributed by atoms with Gasteiger partial charge in [0.05, 0.1) is 28.3 Å². The molecule has 1 aliphatic carbocycles. The Hall–Kier alpha value is -1.78. The predicted octanol–water partition coefficient (Wildman–Crippen LogP) is 3.41. The molecule has 1 saturated heterocycles. The predicted molar refractivity (Wildman–Crippen MR) is 111 cm³/mol. The van der Waals surface area contributed by atoms with Gasteiger partial charge in [-0.15, -0.1) is 21.5 Å². The number of rotatable bonds is 8. The molecule has 4 rings (SSSR count). The van der Waals surface area contributed by atoms with Gasteiger partial charge in [-0.1, -0.05) is 29.6 Å². The Bertz CT molecular complexity index is 890. The van der Waals surface area contributed by atoms with Crippen molar-refractivity contribution in [3.8, 4) is 10.7 Å². The van der Waals surface area contributed by atoms with Crippen LogP contribution in [-0.4, -0.2) is 56.2 Å². The number of thiophene rings is 1. The minimum absolute atomic E-state index is 0.0177. The summed E-state index contributed by atoms with van der Waals surface area (Å²) in [6.07, 6.45) is 3.71. The SMILES string of the molecule is CCOC(=O)/C=C1/SCC(=O)N1CCSc1nnc(-c2cccs2)n1C1CC1. The van der Waals surface area contributed by atoms with E-state index in [1.165, 1.54) is 17.8 Å². The number of esters is 1. The molecule has 2 aliphatic rings. The van der Waals surface area contributed by atoms with E-state index in [0.717, 1.165) is 28.7 Å². The number of hydrogen-bond acceptors (Lipinski definition) is 8. The molecule has 2 aromatic heterocycles. The van der Waals surface area contributed by atoms with Crippen LogP contribution in [0.4, 0.5) is 0 Å². The normalized spacial score (nSPS) is 18.2. The maximum absolute atomic E-state index is 12.2. The zero-order valence-corrected chi connectivity index (χ0v) is 17.8. The Kier molecular flexibility index (Phi) is 6.07. The van der Waals surface area contributed by atoms with Crippen LogP contribution in [0.5, 0.6) is 0 Å². The summed E-state index contributed by atoms with van der Waals surface area (Å²) in [5, 5.41) is 12.4. The summed E-state index contributed by atoms with van der Waals surface area (Å²) >= 11 is 4.64. The van der Waals surface area contributed by atoms with E-state index in [4.69, 9.17) is 4.74 Å². The number of carbonyl (C=O) groups is 2. The monoisotopic (exact) mass is 436 g/mol. The molecule has 0 unspecified atom stereocenters. The van der Waals surface area contributed by atoms with Crippen LogP contribution in [0.15, 0.2) is 33.8 Å². The Labute approximate surface area is 175 Å². The van der Waals surface area contributed by atoms with E-state index in [0.29, 0.717) is 35.7 Å². The highest BCUT2D eigenvalue weighted by atomic mass is 32.2. The molecular formula is C18H20N4O3S3. The lowest BCUT2D eigenvalue weighted by molar-refractivity contribution is -0.137. The number of nitrogens with zero attached hydrogens (tertiary/aromatic N) is 4. The van der Waals surface area contributed by atoms with Gasteiger partial charge in [0.15, 0.2) is 11.0 Å². The molecule has 1 aliphatic heterocycles. The molecule has 0 radical (unpaired) electrons. The molecular weight excluding hydrogens is 416 g/mol. The smallest absolute Gasteiger partial charge is 0.333 e. The topological polar surface area (TPSA) is 77.3 Å². The van der Waals surface area contributed by atoms with Crippen molar-refractivity contribution in [1.29, 1.82) is 0 Å². The molecule has 2 aromatic rings. The Balaban J connectivity index is 1.42. The molecule has 28 heavy (non-hydrogen) atoms. The number of carbonyl (C=O) groups excluding carboxylic acids is 2. The second-order valence-corrected chi connectivity index (χ2v) is 9.31. The fourth-order valence-corrected chi connectivity index (χ4v) is 5.48. The number of aromatic nitrogens is 3. The first-order chi connectivity index (χ1) is 13.7. The first kappa shape index (κ1) is 19.5. The van der Waals surface area contributed by atoms with Crippen molar-refractivity contribution in [2.24, 2.45) is 0 Å². The van der Waals surface area contributed by atoms with Crippen LogP contribution < -0.4 is 0 Å². The molecule has 0 aromatic carbocycles. The zero-order valence-electron chi connectivity index (χ0n) is 15.4. The first-order valence-electron chi connectivity index (χ1n) is 9.10. The van der Waals surface area contributed by atoms with Crippen LogP contribution in [-0.2, 0) is 14.3 Å². The molecule has 0 atom stereocenters. The number of amides is 1. The van der Waals surface area contributed by atoms with Gasteiger partial charge in [0.1, 0.15) is 0 Å². The van der Waals surface area contributed by atoms with Crippen molar-refractivity contribution in [2.45, 2.75) is 31.0 Å². The fourth-order valence-electron chi connectivity index (χ4n) is 2.89. The van der Waals surface area contributed by atoms with Crippen LogP contribution in [0, 0.1) is 0 Å². The van der Waals surface area contributed by atoms with E-state index < -0.39 is 5.97 Å². The van der Waals surface area contributed by atoms with Gasteiger partial charge in [0.25, 0.3) is 0 Å². The van der Waals surface area contributed by atoms with Crippen LogP contribution in [0.3, 0.4) is 0 Å². The Morgan fingerprint density at radius 1 is 1.43 bits per heavy atom. The van der Waals surface area contributed by atoms with E-state index in [9.17, 15) is 9.59 Å². The molecule has 1 amide bonds. The summed E-state index contributed by atoms with van der Waals surface area (Å²) < 4.78 is 7.18. The Morgan fingerprint density at radius 3 is 3.00 bits per heavy atom. The highest BCUT2D eigenvalue weighted by Crippen LogP contribution is 2.41. The number of ether oxygens (including phenoxy) is 1. The maximum atomic E-state index is 12.2. The van der Waals surface area contributed by atoms with Crippen LogP contribution in [0.2, 0.25) is 0 Å². The van der Waals surface area contributed by atoms with Crippen molar-refractivity contribution in [3.05, 3.63) is 28.6 Å². The van der Waals surface area contributed by atoms with E-state index in [1.807, 2.05) is 11.4 Å². The lowest BCUT2D eigenvalue weighted by Gasteiger charge is -2.16. The molecule has 0 bridgehead atoms. The summed E-state index contributed by atoms with van der Waals surface area (Å²) in [6.45, 7) is 2.60. The average molecular weight is 437 g/mol. The van der Waals surface area contributed by atoms with Gasteiger partial charge in [-0.2, -0.15) is 0 Å². The van der Waals surface area contributed by atoms with Crippen molar-refractivity contribution < 1.29 is 14.3 Å². The minimum atomic E-state index is -0.411. The molecule has 2 fully saturated rings. The second kappa shape index (κ2) is 8.71. The van der Waals surface area contributed by atoms with Gasteiger partial charge in [-0.3, -0.25) is 9.36 Å². The number of hydrogen-bond donors (Lipinski definition) is 0. The van der Waals surface area contributed by atoms with Crippen molar-refractivity contribution >= 4 is 46.7 Å². The molecule has 7 nitrogen and oxygen atoms in total. The molecule has 0 spiro atoms. The second-order valence-electron chi connectivity index (χ2n) is 6.30. The standard InChI is InChI=1S/C18H20N4O3S3/c1-2-25-16(24)10-15-21(14(23)11-28-15)7-9-27-18-20-19-17(13-4-3-8-26-13)22(18)12-5-6-12/h3-4,8,10,12H,2,5-7,9,11H2,1H3/b15-10+. The van der Waals surface area contributed by atoms with Gasteiger partial charge >= 0.3 is 5.97 Å². The molecule has 10 heteroatoms. The lowest BCUT2D eigenvalue weighted by Crippen LogP contribution is -2.27. The number of thioether (sulfide) groups is 2. The molecule has 3 heterocycles. The van der Waals surface area contributed by atoms with Crippen molar-refractivity contribution in [2.75, 3.05) is 24.7 Å². The largest absolute Gasteiger partial charge is 0.463 e. The summed E-state index contributed by atoms with van der Waals surface area (Å²) in [5.74, 6) is 1.57. The van der Waals surface area contributed by atoms with Crippen LogP contribution in [0.25, 0.3) is 10.7 Å². The minimum Gasteiger partial charge on any atom is -0.463 e. The third-order valence-electron chi connectivity index (χ3n) is 4.30. The molecule has 1 saturated carbocycles. The van der Waals surface area contributed by atoms with Crippen LogP contribution in [0.1, 0.15) is 25.8 Å². The first-order valence-corrected chi connectivity index (χ1v) is 12.0. The summed E-state index contributed by atoms with van der Waals surface area (Å²) in [5.41, 5.74) is 0. The van der Waals surface area contributed by atoms with E-state index in [1.54, 1.807) is 34.9 Å². The summed E-state index contributed by atoms with van der Waals surface area (Å²) in [7, 11) is 0. The third kappa shape index (κ3) is 4.28. The van der Waals surface area contributed by atoms with Crippen molar-refractivity contribution in [3.63, 3.8) is 0 Å². The van der Waals surface area contributed by atoms with Gasteiger partial charge in [0, 0.05) is 18.3 Å². The molecule has 0 N–H and O–H groups in total. The van der Waals surface area contributed by atoms with Gasteiger partial charge in [0.2, 0.25) is 5.91 Å². The molecule has 148 valence electrons. The highest BCUT2D eigenvalue weighted by molar-refractivity contribution is 8.04. The summed E-state index contributed by atoms with van der Waals surface area (Å²) in [6, 6.07) is 4.55.